The third kappa shape index (κ3) is 3.12. The van der Waals surface area contributed by atoms with Crippen molar-refractivity contribution in [2.24, 2.45) is 0 Å². The number of rotatable bonds is 4. The molecule has 0 amide bonds. The summed E-state index contributed by atoms with van der Waals surface area (Å²) < 4.78 is 1.69. The van der Waals surface area contributed by atoms with Crippen LogP contribution in [0.1, 0.15) is 19.5 Å². The van der Waals surface area contributed by atoms with Crippen molar-refractivity contribution in [1.29, 1.82) is 0 Å². The molecule has 0 radical (unpaired) electrons. The molecule has 0 spiro atoms. The van der Waals surface area contributed by atoms with E-state index in [4.69, 9.17) is 0 Å². The first-order chi connectivity index (χ1) is 10.5. The normalized spacial score (nSPS) is 11.4. The fourth-order valence-electron chi connectivity index (χ4n) is 2.00. The average Bonchev–Trinajstić information content (AvgIpc) is 2.96. The van der Waals surface area contributed by atoms with Gasteiger partial charge in [0, 0.05) is 11.9 Å². The van der Waals surface area contributed by atoms with Gasteiger partial charge in [-0.25, -0.2) is 4.68 Å². The molecule has 0 unspecified atom stereocenters. The second-order valence-electron chi connectivity index (χ2n) is 5.46. The van der Waals surface area contributed by atoms with E-state index in [1.54, 1.807) is 43.2 Å². The lowest BCUT2D eigenvalue weighted by molar-refractivity contribution is 0.0739. The first-order valence-corrected chi connectivity index (χ1v) is 6.95. The molecule has 112 valence electrons. The lowest BCUT2D eigenvalue weighted by Gasteiger charge is -2.17. The van der Waals surface area contributed by atoms with Crippen molar-refractivity contribution in [3.63, 3.8) is 0 Å². The van der Waals surface area contributed by atoms with Gasteiger partial charge in [0.05, 0.1) is 11.4 Å². The standard InChI is InChI=1S/C16H17N5O/c1-16(2,22)14-10-12(8-9-17-14)19-15-18-11-21(20-15)13-6-4-3-5-7-13/h3-11,22H,1-2H3,(H,17,19,20). The summed E-state index contributed by atoms with van der Waals surface area (Å²) >= 11 is 0. The quantitative estimate of drug-likeness (QED) is 0.774. The highest BCUT2D eigenvalue weighted by Gasteiger charge is 2.18. The number of benzene rings is 1. The van der Waals surface area contributed by atoms with Crippen molar-refractivity contribution in [3.8, 4) is 5.69 Å². The maximum Gasteiger partial charge on any atom is 0.246 e. The van der Waals surface area contributed by atoms with Crippen LogP contribution in [0.3, 0.4) is 0 Å². The summed E-state index contributed by atoms with van der Waals surface area (Å²) in [6.45, 7) is 3.39. The summed E-state index contributed by atoms with van der Waals surface area (Å²) in [4.78, 5) is 8.41. The summed E-state index contributed by atoms with van der Waals surface area (Å²) in [5.41, 5.74) is 1.31. The average molecular weight is 295 g/mol. The van der Waals surface area contributed by atoms with Gasteiger partial charge in [-0.1, -0.05) is 18.2 Å². The Morgan fingerprint density at radius 2 is 1.86 bits per heavy atom. The molecular weight excluding hydrogens is 278 g/mol. The van der Waals surface area contributed by atoms with Crippen LogP contribution >= 0.6 is 0 Å². The Bertz CT molecular complexity index is 761. The molecule has 1 aromatic carbocycles. The molecule has 0 atom stereocenters. The number of aliphatic hydroxyl groups is 1. The van der Waals surface area contributed by atoms with Gasteiger partial charge in [0.2, 0.25) is 5.95 Å². The van der Waals surface area contributed by atoms with Crippen LogP contribution in [0.4, 0.5) is 11.6 Å². The molecule has 2 N–H and O–H groups in total. The summed E-state index contributed by atoms with van der Waals surface area (Å²) in [7, 11) is 0. The van der Waals surface area contributed by atoms with Gasteiger partial charge in [0.25, 0.3) is 0 Å². The van der Waals surface area contributed by atoms with E-state index in [2.05, 4.69) is 20.4 Å². The zero-order chi connectivity index (χ0) is 15.6. The zero-order valence-electron chi connectivity index (χ0n) is 12.4. The number of hydrogen-bond donors (Lipinski definition) is 2. The number of hydrogen-bond acceptors (Lipinski definition) is 5. The van der Waals surface area contributed by atoms with Crippen LogP contribution in [0, 0.1) is 0 Å². The van der Waals surface area contributed by atoms with Crippen molar-refractivity contribution in [2.75, 3.05) is 5.32 Å². The summed E-state index contributed by atoms with van der Waals surface area (Å²) in [6.07, 6.45) is 3.29. The predicted molar refractivity (Wildman–Crippen MR) is 84.1 cm³/mol. The maximum atomic E-state index is 10.0. The maximum absolute atomic E-state index is 10.0. The van der Waals surface area contributed by atoms with Gasteiger partial charge >= 0.3 is 0 Å². The number of nitrogens with one attached hydrogen (secondary N) is 1. The monoisotopic (exact) mass is 295 g/mol. The molecule has 6 nitrogen and oxygen atoms in total. The van der Waals surface area contributed by atoms with Crippen molar-refractivity contribution in [3.05, 3.63) is 60.7 Å². The first-order valence-electron chi connectivity index (χ1n) is 6.95. The Kier molecular flexibility index (Phi) is 3.60. The molecule has 0 saturated carbocycles. The highest BCUT2D eigenvalue weighted by Crippen LogP contribution is 2.21. The van der Waals surface area contributed by atoms with E-state index in [-0.39, 0.29) is 0 Å². The molecule has 22 heavy (non-hydrogen) atoms. The van der Waals surface area contributed by atoms with E-state index in [9.17, 15) is 5.11 Å². The Hall–Kier alpha value is -2.73. The second-order valence-corrected chi connectivity index (χ2v) is 5.46. The van der Waals surface area contributed by atoms with Crippen molar-refractivity contribution in [1.82, 2.24) is 19.7 Å². The van der Waals surface area contributed by atoms with Crippen molar-refractivity contribution >= 4 is 11.6 Å². The number of aromatic nitrogens is 4. The molecule has 2 heterocycles. The van der Waals surface area contributed by atoms with E-state index >= 15 is 0 Å². The third-order valence-corrected chi connectivity index (χ3v) is 3.16. The molecule has 3 aromatic rings. The van der Waals surface area contributed by atoms with E-state index in [1.807, 2.05) is 30.3 Å². The van der Waals surface area contributed by atoms with Gasteiger partial charge in [0.1, 0.15) is 11.9 Å². The predicted octanol–water partition coefficient (Wildman–Crippen LogP) is 2.63. The summed E-state index contributed by atoms with van der Waals surface area (Å²) in [6, 6.07) is 13.3. The Morgan fingerprint density at radius 1 is 1.09 bits per heavy atom. The van der Waals surface area contributed by atoms with Gasteiger partial charge in [-0.2, -0.15) is 4.98 Å². The smallest absolute Gasteiger partial charge is 0.246 e. The Labute approximate surface area is 128 Å². The van der Waals surface area contributed by atoms with Gasteiger partial charge in [-0.05, 0) is 38.1 Å². The van der Waals surface area contributed by atoms with Gasteiger partial charge in [-0.15, -0.1) is 5.10 Å². The topological polar surface area (TPSA) is 75.9 Å². The Balaban J connectivity index is 1.81. The van der Waals surface area contributed by atoms with E-state index in [1.165, 1.54) is 0 Å². The van der Waals surface area contributed by atoms with Crippen LogP contribution in [0.5, 0.6) is 0 Å². The third-order valence-electron chi connectivity index (χ3n) is 3.16. The fraction of sp³-hybridized carbons (Fsp3) is 0.188. The highest BCUT2D eigenvalue weighted by atomic mass is 16.3. The fourth-order valence-corrected chi connectivity index (χ4v) is 2.00. The highest BCUT2D eigenvalue weighted by molar-refractivity contribution is 5.53. The molecule has 0 fully saturated rings. The SMILES string of the molecule is CC(C)(O)c1cc(Nc2ncn(-c3ccccc3)n2)ccn1. The number of anilines is 2. The molecule has 0 bridgehead atoms. The lowest BCUT2D eigenvalue weighted by Crippen LogP contribution is -2.17. The second kappa shape index (κ2) is 5.57. The summed E-state index contributed by atoms with van der Waals surface area (Å²) in [5, 5.41) is 17.5. The van der Waals surface area contributed by atoms with Crippen LogP contribution in [0.15, 0.2) is 55.0 Å². The lowest BCUT2D eigenvalue weighted by atomic mass is 10.0. The molecule has 0 aliphatic rings. The molecule has 0 saturated heterocycles. The minimum Gasteiger partial charge on any atom is -0.384 e. The van der Waals surface area contributed by atoms with Gasteiger partial charge < -0.3 is 10.4 Å². The van der Waals surface area contributed by atoms with Gasteiger partial charge in [-0.3, -0.25) is 4.98 Å². The van der Waals surface area contributed by atoms with Crippen LogP contribution in [0.25, 0.3) is 5.69 Å². The minimum absolute atomic E-state index is 0.483. The van der Waals surface area contributed by atoms with Crippen LogP contribution in [-0.2, 0) is 5.60 Å². The zero-order valence-corrected chi connectivity index (χ0v) is 12.4. The van der Waals surface area contributed by atoms with E-state index < -0.39 is 5.60 Å². The van der Waals surface area contributed by atoms with E-state index in [0.29, 0.717) is 11.6 Å². The molecule has 2 aromatic heterocycles. The number of nitrogens with zero attached hydrogens (tertiary/aromatic N) is 4. The van der Waals surface area contributed by atoms with Crippen molar-refractivity contribution in [2.45, 2.75) is 19.4 Å². The minimum atomic E-state index is -0.992. The van der Waals surface area contributed by atoms with Crippen LogP contribution in [0.2, 0.25) is 0 Å². The molecule has 0 aliphatic carbocycles. The Morgan fingerprint density at radius 3 is 2.59 bits per heavy atom. The number of para-hydroxylation sites is 1. The largest absolute Gasteiger partial charge is 0.384 e. The molecule has 6 heteroatoms. The number of pyridine rings is 1. The van der Waals surface area contributed by atoms with Crippen LogP contribution < -0.4 is 5.32 Å². The van der Waals surface area contributed by atoms with Gasteiger partial charge in [0.15, 0.2) is 0 Å². The van der Waals surface area contributed by atoms with E-state index in [0.717, 1.165) is 11.4 Å². The van der Waals surface area contributed by atoms with Crippen LogP contribution in [-0.4, -0.2) is 24.9 Å². The summed E-state index contributed by atoms with van der Waals surface area (Å²) in [5.74, 6) is 0.483. The molecular formula is C16H17N5O. The first kappa shape index (κ1) is 14.2. The van der Waals surface area contributed by atoms with Crippen molar-refractivity contribution < 1.29 is 5.11 Å². The molecule has 0 aliphatic heterocycles. The molecule has 3 rings (SSSR count).